The number of nitrogens with zero attached hydrogens (tertiary/aromatic N) is 1. The molecule has 1 aromatic rings. The number of likely N-dealkylation sites (tertiary alicyclic amines) is 1. The van der Waals surface area contributed by atoms with Gasteiger partial charge in [-0.3, -0.25) is 4.79 Å². The van der Waals surface area contributed by atoms with Crippen LogP contribution in [0.15, 0.2) is 22.7 Å². The second-order valence-corrected chi connectivity index (χ2v) is 6.08. The lowest BCUT2D eigenvalue weighted by atomic mass is 10.0. The molecule has 0 spiro atoms. The Balaban J connectivity index is 1.93. The number of nitrogens with one attached hydrogen (secondary N) is 1. The van der Waals surface area contributed by atoms with Crippen molar-refractivity contribution in [3.05, 3.63) is 28.5 Å². The van der Waals surface area contributed by atoms with Crippen molar-refractivity contribution < 1.29 is 13.9 Å². The summed E-state index contributed by atoms with van der Waals surface area (Å²) in [5.74, 6) is 0.102. The average Bonchev–Trinajstić information content (AvgIpc) is 2.49. The molecule has 6 heteroatoms. The molecule has 4 nitrogen and oxygen atoms in total. The van der Waals surface area contributed by atoms with E-state index in [1.807, 2.05) is 11.9 Å². The van der Waals surface area contributed by atoms with Gasteiger partial charge in [-0.15, -0.1) is 0 Å². The summed E-state index contributed by atoms with van der Waals surface area (Å²) in [6.07, 6.45) is 1.32. The molecule has 1 amide bonds. The van der Waals surface area contributed by atoms with Gasteiger partial charge in [0.25, 0.3) is 5.91 Å². The smallest absolute Gasteiger partial charge is 0.263 e. The van der Waals surface area contributed by atoms with E-state index in [-0.39, 0.29) is 11.7 Å². The van der Waals surface area contributed by atoms with Crippen LogP contribution < -0.4 is 10.1 Å². The van der Waals surface area contributed by atoms with E-state index in [4.69, 9.17) is 4.74 Å². The molecule has 1 unspecified atom stereocenters. The van der Waals surface area contributed by atoms with Crippen LogP contribution in [0.2, 0.25) is 0 Å². The van der Waals surface area contributed by atoms with Crippen LogP contribution in [-0.4, -0.2) is 43.1 Å². The van der Waals surface area contributed by atoms with Gasteiger partial charge < -0.3 is 15.0 Å². The first-order valence-electron chi connectivity index (χ1n) is 7.09. The number of hydrogen-bond donors (Lipinski definition) is 1. The van der Waals surface area contributed by atoms with Gasteiger partial charge in [-0.05, 0) is 60.9 Å². The summed E-state index contributed by atoms with van der Waals surface area (Å²) in [7, 11) is 1.94. The molecule has 1 aliphatic heterocycles. The van der Waals surface area contributed by atoms with Crippen LogP contribution in [0.5, 0.6) is 5.75 Å². The van der Waals surface area contributed by atoms with Crippen molar-refractivity contribution in [3.63, 3.8) is 0 Å². The standard InChI is InChI=1S/C15H20BrFN2O2/c1-10(21-14-4-3-11(17)9-13(14)16)15(20)19-7-5-12(18-2)6-8-19/h3-4,9-10,12,18H,5-8H2,1-2H3. The summed E-state index contributed by atoms with van der Waals surface area (Å²) in [5, 5.41) is 3.23. The topological polar surface area (TPSA) is 41.6 Å². The van der Waals surface area contributed by atoms with Crippen molar-refractivity contribution in [2.75, 3.05) is 20.1 Å². The molecule has 0 bridgehead atoms. The second-order valence-electron chi connectivity index (χ2n) is 5.22. The third-order valence-corrected chi connectivity index (χ3v) is 4.38. The number of carbonyl (C=O) groups is 1. The highest BCUT2D eigenvalue weighted by Gasteiger charge is 2.26. The Morgan fingerprint density at radius 1 is 1.48 bits per heavy atom. The van der Waals surface area contributed by atoms with E-state index >= 15 is 0 Å². The van der Waals surface area contributed by atoms with E-state index in [2.05, 4.69) is 21.2 Å². The van der Waals surface area contributed by atoms with Crippen molar-refractivity contribution in [1.82, 2.24) is 10.2 Å². The minimum absolute atomic E-state index is 0.0271. The molecule has 0 radical (unpaired) electrons. The molecule has 0 aromatic heterocycles. The van der Waals surface area contributed by atoms with Crippen molar-refractivity contribution >= 4 is 21.8 Å². The fourth-order valence-electron chi connectivity index (χ4n) is 2.46. The summed E-state index contributed by atoms with van der Waals surface area (Å²) >= 11 is 3.24. The molecule has 1 aliphatic rings. The Morgan fingerprint density at radius 3 is 2.71 bits per heavy atom. The summed E-state index contributed by atoms with van der Waals surface area (Å²) in [5.41, 5.74) is 0. The van der Waals surface area contributed by atoms with Crippen molar-refractivity contribution in [3.8, 4) is 5.75 Å². The first-order chi connectivity index (χ1) is 10.0. The van der Waals surface area contributed by atoms with E-state index < -0.39 is 6.10 Å². The third-order valence-electron chi connectivity index (χ3n) is 3.76. The minimum Gasteiger partial charge on any atom is -0.480 e. The van der Waals surface area contributed by atoms with E-state index in [0.717, 1.165) is 25.9 Å². The highest BCUT2D eigenvalue weighted by molar-refractivity contribution is 9.10. The van der Waals surface area contributed by atoms with Gasteiger partial charge in [-0.25, -0.2) is 4.39 Å². The van der Waals surface area contributed by atoms with Crippen LogP contribution in [0, 0.1) is 5.82 Å². The average molecular weight is 359 g/mol. The number of piperidine rings is 1. The highest BCUT2D eigenvalue weighted by atomic mass is 79.9. The molecule has 21 heavy (non-hydrogen) atoms. The molecule has 0 aliphatic carbocycles. The second kappa shape index (κ2) is 7.22. The van der Waals surface area contributed by atoms with Crippen LogP contribution >= 0.6 is 15.9 Å². The highest BCUT2D eigenvalue weighted by Crippen LogP contribution is 2.26. The molecule has 1 fully saturated rings. The quantitative estimate of drug-likeness (QED) is 0.899. The zero-order valence-electron chi connectivity index (χ0n) is 12.2. The third kappa shape index (κ3) is 4.17. The Labute approximate surface area is 132 Å². The lowest BCUT2D eigenvalue weighted by molar-refractivity contribution is -0.139. The van der Waals surface area contributed by atoms with Gasteiger partial charge in [0.15, 0.2) is 6.10 Å². The van der Waals surface area contributed by atoms with E-state index in [0.29, 0.717) is 16.3 Å². The molecule has 1 N–H and O–H groups in total. The van der Waals surface area contributed by atoms with Crippen LogP contribution in [0.1, 0.15) is 19.8 Å². The van der Waals surface area contributed by atoms with Crippen molar-refractivity contribution in [1.29, 1.82) is 0 Å². The molecule has 1 aromatic carbocycles. The lowest BCUT2D eigenvalue weighted by Crippen LogP contribution is -2.48. The zero-order valence-corrected chi connectivity index (χ0v) is 13.8. The van der Waals surface area contributed by atoms with Crippen molar-refractivity contribution in [2.45, 2.75) is 31.9 Å². The first kappa shape index (κ1) is 16.2. The van der Waals surface area contributed by atoms with Gasteiger partial charge in [-0.1, -0.05) is 0 Å². The zero-order chi connectivity index (χ0) is 15.4. The summed E-state index contributed by atoms with van der Waals surface area (Å²) < 4.78 is 19.2. The Bertz CT molecular complexity index is 504. The molecule has 2 rings (SSSR count). The summed E-state index contributed by atoms with van der Waals surface area (Å²) in [6.45, 7) is 3.20. The van der Waals surface area contributed by atoms with Gasteiger partial charge in [0.2, 0.25) is 0 Å². The van der Waals surface area contributed by atoms with Crippen LogP contribution in [0.4, 0.5) is 4.39 Å². The minimum atomic E-state index is -0.585. The number of halogens is 2. The van der Waals surface area contributed by atoms with Crippen LogP contribution in [0.3, 0.4) is 0 Å². The number of hydrogen-bond acceptors (Lipinski definition) is 3. The summed E-state index contributed by atoms with van der Waals surface area (Å²) in [4.78, 5) is 14.2. The number of amides is 1. The van der Waals surface area contributed by atoms with Crippen molar-refractivity contribution in [2.24, 2.45) is 0 Å². The van der Waals surface area contributed by atoms with E-state index in [1.54, 1.807) is 6.92 Å². The molecule has 1 atom stereocenters. The van der Waals surface area contributed by atoms with Gasteiger partial charge >= 0.3 is 0 Å². The number of benzene rings is 1. The number of rotatable bonds is 4. The van der Waals surface area contributed by atoms with Gasteiger partial charge in [0.05, 0.1) is 4.47 Å². The Kier molecular flexibility index (Phi) is 5.58. The maximum absolute atomic E-state index is 13.0. The SMILES string of the molecule is CNC1CCN(C(=O)C(C)Oc2ccc(F)cc2Br)CC1. The Morgan fingerprint density at radius 2 is 2.14 bits per heavy atom. The molecule has 0 saturated carbocycles. The van der Waals surface area contributed by atoms with Crippen LogP contribution in [-0.2, 0) is 4.79 Å². The van der Waals surface area contributed by atoms with Crippen LogP contribution in [0.25, 0.3) is 0 Å². The van der Waals surface area contributed by atoms with Gasteiger partial charge in [0, 0.05) is 19.1 Å². The monoisotopic (exact) mass is 358 g/mol. The molecule has 116 valence electrons. The normalized spacial score (nSPS) is 17.6. The maximum Gasteiger partial charge on any atom is 0.263 e. The predicted octanol–water partition coefficient (Wildman–Crippen LogP) is 2.57. The maximum atomic E-state index is 13.0. The lowest BCUT2D eigenvalue weighted by Gasteiger charge is -2.33. The predicted molar refractivity (Wildman–Crippen MR) is 82.9 cm³/mol. The number of ether oxygens (including phenoxy) is 1. The Hall–Kier alpha value is -1.14. The van der Waals surface area contributed by atoms with Gasteiger partial charge in [0.1, 0.15) is 11.6 Å². The molecular formula is C15H20BrFN2O2. The van der Waals surface area contributed by atoms with E-state index in [9.17, 15) is 9.18 Å². The summed E-state index contributed by atoms with van der Waals surface area (Å²) in [6, 6.07) is 4.65. The number of carbonyl (C=O) groups excluding carboxylic acids is 1. The molecular weight excluding hydrogens is 339 g/mol. The fraction of sp³-hybridized carbons (Fsp3) is 0.533. The molecule has 1 saturated heterocycles. The van der Waals surface area contributed by atoms with E-state index in [1.165, 1.54) is 18.2 Å². The fourth-order valence-corrected chi connectivity index (χ4v) is 2.90. The molecule has 1 heterocycles. The van der Waals surface area contributed by atoms with Gasteiger partial charge in [-0.2, -0.15) is 0 Å². The first-order valence-corrected chi connectivity index (χ1v) is 7.88. The largest absolute Gasteiger partial charge is 0.480 e.